The lowest BCUT2D eigenvalue weighted by Crippen LogP contribution is -2.38. The highest BCUT2D eigenvalue weighted by atomic mass is 35.5. The molecule has 2 aliphatic rings. The maximum atomic E-state index is 13.3. The van der Waals surface area contributed by atoms with Crippen molar-refractivity contribution in [3.05, 3.63) is 88.6 Å². The Bertz CT molecular complexity index is 1170. The molecular weight excluding hydrogens is 386 g/mol. The third kappa shape index (κ3) is 3.09. The fourth-order valence-corrected chi connectivity index (χ4v) is 3.79. The number of pyridine rings is 1. The van der Waals surface area contributed by atoms with Gasteiger partial charge in [0.25, 0.3) is 5.91 Å². The van der Waals surface area contributed by atoms with E-state index in [1.165, 1.54) is 0 Å². The normalized spacial score (nSPS) is 17.5. The van der Waals surface area contributed by atoms with Crippen LogP contribution in [0.5, 0.6) is 5.75 Å². The van der Waals surface area contributed by atoms with Crippen LogP contribution in [0.2, 0.25) is 5.02 Å². The van der Waals surface area contributed by atoms with Crippen LogP contribution >= 0.6 is 11.6 Å². The minimum Gasteiger partial charge on any atom is -0.508 e. The van der Waals surface area contributed by atoms with Gasteiger partial charge in [-0.25, -0.2) is 9.88 Å². The molecule has 1 amide bonds. The van der Waals surface area contributed by atoms with E-state index in [0.717, 1.165) is 22.3 Å². The van der Waals surface area contributed by atoms with Crippen LogP contribution in [0.3, 0.4) is 0 Å². The van der Waals surface area contributed by atoms with Crippen LogP contribution in [0.25, 0.3) is 11.6 Å². The van der Waals surface area contributed by atoms with Crippen molar-refractivity contribution >= 4 is 40.8 Å². The molecule has 1 atom stereocenters. The van der Waals surface area contributed by atoms with Crippen molar-refractivity contribution in [3.8, 4) is 5.75 Å². The van der Waals surface area contributed by atoms with E-state index in [9.17, 15) is 9.90 Å². The van der Waals surface area contributed by atoms with Gasteiger partial charge in [-0.1, -0.05) is 35.9 Å². The summed E-state index contributed by atoms with van der Waals surface area (Å²) in [6, 6.07) is 17.6. The average Bonchev–Trinajstić information content (AvgIpc) is 3.06. The summed E-state index contributed by atoms with van der Waals surface area (Å²) in [5, 5.41) is 10.2. The van der Waals surface area contributed by atoms with Crippen LogP contribution in [-0.4, -0.2) is 27.9 Å². The third-order valence-electron chi connectivity index (χ3n) is 5.09. The predicted molar refractivity (Wildman–Crippen MR) is 114 cm³/mol. The summed E-state index contributed by atoms with van der Waals surface area (Å²) in [6.45, 7) is 0. The van der Waals surface area contributed by atoms with Crippen LogP contribution in [0.15, 0.2) is 71.9 Å². The van der Waals surface area contributed by atoms with E-state index in [1.807, 2.05) is 54.6 Å². The number of hydrogen-bond donors (Lipinski definition) is 1. The minimum atomic E-state index is -0.543. The molecule has 3 heterocycles. The maximum Gasteiger partial charge on any atom is 0.259 e. The first-order chi connectivity index (χ1) is 14.1. The Balaban J connectivity index is 1.59. The fraction of sp³-hybridized carbons (Fsp3) is 0.0870. The molecule has 2 aromatic carbocycles. The van der Waals surface area contributed by atoms with E-state index in [-0.39, 0.29) is 11.7 Å². The van der Waals surface area contributed by atoms with Crippen LogP contribution < -0.4 is 4.90 Å². The number of nitrogens with zero attached hydrogens (tertiary/aromatic N) is 3. The molecule has 5 rings (SSSR count). The minimum absolute atomic E-state index is 0.104. The number of carbonyl (C=O) groups is 1. The van der Waals surface area contributed by atoms with Crippen molar-refractivity contribution in [2.24, 2.45) is 4.99 Å². The first kappa shape index (κ1) is 17.6. The van der Waals surface area contributed by atoms with Gasteiger partial charge in [0, 0.05) is 28.8 Å². The van der Waals surface area contributed by atoms with Gasteiger partial charge in [-0.15, -0.1) is 0 Å². The summed E-state index contributed by atoms with van der Waals surface area (Å²) in [6.07, 6.45) is 4.14. The summed E-state index contributed by atoms with van der Waals surface area (Å²) < 4.78 is 0. The number of phenolic OH excluding ortho intramolecular Hbond substituents is 1. The molecule has 0 saturated heterocycles. The monoisotopic (exact) mass is 401 g/mol. The molecule has 1 aromatic heterocycles. The number of amides is 1. The molecule has 0 spiro atoms. The summed E-state index contributed by atoms with van der Waals surface area (Å²) in [7, 11) is 0. The lowest BCUT2D eigenvalue weighted by Gasteiger charge is -2.26. The van der Waals surface area contributed by atoms with Crippen LogP contribution in [0.1, 0.15) is 16.7 Å². The van der Waals surface area contributed by atoms with E-state index >= 15 is 0 Å². The smallest absolute Gasteiger partial charge is 0.259 e. The number of hydrogen-bond acceptors (Lipinski definition) is 4. The quantitative estimate of drug-likeness (QED) is 0.709. The first-order valence-corrected chi connectivity index (χ1v) is 9.61. The Morgan fingerprint density at radius 2 is 1.79 bits per heavy atom. The van der Waals surface area contributed by atoms with Gasteiger partial charge in [0.2, 0.25) is 0 Å². The largest absolute Gasteiger partial charge is 0.508 e. The molecule has 3 aromatic rings. The van der Waals surface area contributed by atoms with Gasteiger partial charge < -0.3 is 5.11 Å². The van der Waals surface area contributed by atoms with E-state index < -0.39 is 6.04 Å². The van der Waals surface area contributed by atoms with Gasteiger partial charge in [0.15, 0.2) is 0 Å². The second-order valence-corrected chi connectivity index (χ2v) is 7.43. The van der Waals surface area contributed by atoms with Crippen molar-refractivity contribution in [1.29, 1.82) is 0 Å². The van der Waals surface area contributed by atoms with Crippen molar-refractivity contribution in [3.63, 3.8) is 0 Å². The molecule has 142 valence electrons. The summed E-state index contributed by atoms with van der Waals surface area (Å²) in [4.78, 5) is 24.1. The number of rotatable bonds is 3. The molecule has 0 aliphatic carbocycles. The molecule has 0 fully saturated rings. The molecule has 1 unspecified atom stereocenters. The van der Waals surface area contributed by atoms with Crippen molar-refractivity contribution in [2.45, 2.75) is 12.5 Å². The van der Waals surface area contributed by atoms with Crippen LogP contribution in [0.4, 0.5) is 5.82 Å². The molecule has 6 heteroatoms. The lowest BCUT2D eigenvalue weighted by atomic mass is 9.98. The summed E-state index contributed by atoms with van der Waals surface area (Å²) in [5.41, 5.74) is 3.60. The highest BCUT2D eigenvalue weighted by molar-refractivity contribution is 6.43. The van der Waals surface area contributed by atoms with Gasteiger partial charge >= 0.3 is 0 Å². The standard InChI is InChI=1S/C23H16ClN3O2/c24-17-7-5-15(6-8-17)19-13-16-2-1-11-25-21(16)27-22(19)26-20(23(27)29)12-14-3-9-18(28)10-4-14/h1-11,13,20,28H,12H2. The Labute approximate surface area is 172 Å². The molecule has 1 N–H and O–H groups in total. The lowest BCUT2D eigenvalue weighted by molar-refractivity contribution is -0.118. The van der Waals surface area contributed by atoms with Gasteiger partial charge in [-0.2, -0.15) is 0 Å². The molecule has 0 radical (unpaired) electrons. The number of fused-ring (bicyclic) bond motifs is 3. The predicted octanol–water partition coefficient (Wildman–Crippen LogP) is 4.35. The zero-order valence-corrected chi connectivity index (χ0v) is 16.0. The Hall–Kier alpha value is -3.44. The van der Waals surface area contributed by atoms with Crippen molar-refractivity contribution in [1.82, 2.24) is 4.98 Å². The molecular formula is C23H16ClN3O2. The number of benzene rings is 2. The molecule has 29 heavy (non-hydrogen) atoms. The van der Waals surface area contributed by atoms with Crippen LogP contribution in [-0.2, 0) is 11.2 Å². The van der Waals surface area contributed by atoms with E-state index in [2.05, 4.69) is 4.98 Å². The molecule has 0 saturated carbocycles. The third-order valence-corrected chi connectivity index (χ3v) is 5.34. The summed E-state index contributed by atoms with van der Waals surface area (Å²) in [5.74, 6) is 1.29. The van der Waals surface area contributed by atoms with Crippen molar-refractivity contribution < 1.29 is 9.90 Å². The van der Waals surface area contributed by atoms with Gasteiger partial charge in [-0.3, -0.25) is 9.79 Å². The Kier molecular flexibility index (Phi) is 4.18. The van der Waals surface area contributed by atoms with E-state index in [0.29, 0.717) is 23.1 Å². The van der Waals surface area contributed by atoms with Gasteiger partial charge in [0.05, 0.1) is 0 Å². The van der Waals surface area contributed by atoms with E-state index in [1.54, 1.807) is 23.2 Å². The zero-order chi connectivity index (χ0) is 20.0. The summed E-state index contributed by atoms with van der Waals surface area (Å²) >= 11 is 6.05. The van der Waals surface area contributed by atoms with E-state index in [4.69, 9.17) is 16.6 Å². The Morgan fingerprint density at radius 1 is 1.03 bits per heavy atom. The molecule has 5 nitrogen and oxygen atoms in total. The number of aromatic hydroxyl groups is 1. The number of carbonyl (C=O) groups excluding carboxylic acids is 1. The molecule has 2 aliphatic heterocycles. The highest BCUT2D eigenvalue weighted by Crippen LogP contribution is 2.37. The topological polar surface area (TPSA) is 65.8 Å². The van der Waals surface area contributed by atoms with Gasteiger partial charge in [-0.05, 0) is 53.6 Å². The average molecular weight is 402 g/mol. The number of aromatic nitrogens is 1. The number of halogens is 1. The second kappa shape index (κ2) is 6.87. The highest BCUT2D eigenvalue weighted by Gasteiger charge is 2.41. The SMILES string of the molecule is O=C1C(Cc2ccc(O)cc2)N=C2C(c3ccc(Cl)cc3)=Cc3cccnc3N12. The number of amidine groups is 1. The zero-order valence-electron chi connectivity index (χ0n) is 15.3. The fourth-order valence-electron chi connectivity index (χ4n) is 3.67. The van der Waals surface area contributed by atoms with Gasteiger partial charge in [0.1, 0.15) is 23.4 Å². The first-order valence-electron chi connectivity index (χ1n) is 9.23. The van der Waals surface area contributed by atoms with Crippen LogP contribution in [0, 0.1) is 0 Å². The molecule has 0 bridgehead atoms. The number of anilines is 1. The number of aliphatic imine (C=N–C) groups is 1. The Morgan fingerprint density at radius 3 is 2.55 bits per heavy atom. The number of phenols is 1. The second-order valence-electron chi connectivity index (χ2n) is 6.99. The maximum absolute atomic E-state index is 13.3. The van der Waals surface area contributed by atoms with Crippen molar-refractivity contribution in [2.75, 3.05) is 4.90 Å².